The molecule has 92 valence electrons. The first kappa shape index (κ1) is 11.0. The van der Waals surface area contributed by atoms with Crippen LogP contribution in [0.3, 0.4) is 0 Å². The second-order valence-electron chi connectivity index (χ2n) is 7.03. The second-order valence-corrected chi connectivity index (χ2v) is 7.03. The maximum Gasteiger partial charge on any atom is 0.00959 e. The van der Waals surface area contributed by atoms with Gasteiger partial charge in [0, 0.05) is 19.1 Å². The Morgan fingerprint density at radius 1 is 1.00 bits per heavy atom. The molecule has 1 aliphatic carbocycles. The van der Waals surface area contributed by atoms with Crippen LogP contribution >= 0.6 is 0 Å². The molecular weight excluding hydrogens is 196 g/mol. The normalized spacial score (nSPS) is 40.1. The molecule has 1 saturated carbocycles. The molecule has 0 aromatic heterocycles. The molecule has 0 spiro atoms. The molecule has 2 atom stereocenters. The largest absolute Gasteiger partial charge is 0.316 e. The van der Waals surface area contributed by atoms with Crippen molar-refractivity contribution in [1.29, 1.82) is 0 Å². The lowest BCUT2D eigenvalue weighted by molar-refractivity contribution is 0.120. The molecule has 3 rings (SSSR count). The van der Waals surface area contributed by atoms with E-state index in [1.165, 1.54) is 51.9 Å². The molecule has 0 aromatic carbocycles. The smallest absolute Gasteiger partial charge is 0.00959 e. The zero-order valence-corrected chi connectivity index (χ0v) is 10.8. The van der Waals surface area contributed by atoms with Gasteiger partial charge in [-0.25, -0.2) is 0 Å². The number of likely N-dealkylation sites (tertiary alicyclic amines) is 1. The number of hydrogen-bond acceptors (Lipinski definition) is 2. The van der Waals surface area contributed by atoms with Crippen LogP contribution in [0.1, 0.15) is 39.5 Å². The molecule has 3 aliphatic rings. The fourth-order valence-electron chi connectivity index (χ4n) is 3.94. The Kier molecular flexibility index (Phi) is 2.75. The van der Waals surface area contributed by atoms with Gasteiger partial charge in [-0.2, -0.15) is 0 Å². The summed E-state index contributed by atoms with van der Waals surface area (Å²) in [5.74, 6) is 1.94. The number of rotatable bonds is 1. The van der Waals surface area contributed by atoms with Crippen molar-refractivity contribution in [1.82, 2.24) is 10.2 Å². The summed E-state index contributed by atoms with van der Waals surface area (Å²) in [5, 5.41) is 3.53. The summed E-state index contributed by atoms with van der Waals surface area (Å²) in [6.07, 6.45) is 5.75. The Labute approximate surface area is 99.8 Å². The van der Waals surface area contributed by atoms with E-state index in [0.717, 1.165) is 17.9 Å². The quantitative estimate of drug-likeness (QED) is 0.731. The van der Waals surface area contributed by atoms with Gasteiger partial charge in [-0.3, -0.25) is 4.90 Å². The lowest BCUT2D eigenvalue weighted by Crippen LogP contribution is -2.39. The molecule has 2 nitrogen and oxygen atoms in total. The van der Waals surface area contributed by atoms with Gasteiger partial charge in [0.2, 0.25) is 0 Å². The zero-order valence-electron chi connectivity index (χ0n) is 10.8. The Balaban J connectivity index is 1.56. The van der Waals surface area contributed by atoms with Gasteiger partial charge in [-0.1, -0.05) is 13.8 Å². The average molecular weight is 222 g/mol. The van der Waals surface area contributed by atoms with Crippen LogP contribution in [0.15, 0.2) is 0 Å². The van der Waals surface area contributed by atoms with Crippen molar-refractivity contribution < 1.29 is 0 Å². The summed E-state index contributed by atoms with van der Waals surface area (Å²) in [6, 6.07) is 0.915. The molecule has 0 unspecified atom stereocenters. The van der Waals surface area contributed by atoms with Crippen LogP contribution in [0, 0.1) is 17.3 Å². The van der Waals surface area contributed by atoms with E-state index in [-0.39, 0.29) is 0 Å². The van der Waals surface area contributed by atoms with E-state index in [2.05, 4.69) is 24.1 Å². The first-order valence-electron chi connectivity index (χ1n) is 7.09. The van der Waals surface area contributed by atoms with Gasteiger partial charge < -0.3 is 5.32 Å². The SMILES string of the molecule is CC1(C)CCC(N2C[C@H]3CNC[C@H]3C2)CC1. The summed E-state index contributed by atoms with van der Waals surface area (Å²) in [6.45, 7) is 10.2. The number of fused-ring (bicyclic) bond motifs is 1. The van der Waals surface area contributed by atoms with E-state index in [1.54, 1.807) is 0 Å². The fraction of sp³-hybridized carbons (Fsp3) is 1.00. The summed E-state index contributed by atoms with van der Waals surface area (Å²) < 4.78 is 0. The molecule has 2 heterocycles. The Bertz CT molecular complexity index is 239. The van der Waals surface area contributed by atoms with E-state index in [0.29, 0.717) is 5.41 Å². The first-order chi connectivity index (χ1) is 7.64. The molecule has 0 radical (unpaired) electrons. The predicted octanol–water partition coefficient (Wildman–Crippen LogP) is 2.11. The van der Waals surface area contributed by atoms with Crippen LogP contribution in [0.5, 0.6) is 0 Å². The topological polar surface area (TPSA) is 15.3 Å². The highest BCUT2D eigenvalue weighted by Gasteiger charge is 2.40. The Morgan fingerprint density at radius 2 is 1.56 bits per heavy atom. The number of nitrogens with zero attached hydrogens (tertiary/aromatic N) is 1. The van der Waals surface area contributed by atoms with Gasteiger partial charge in [0.25, 0.3) is 0 Å². The molecule has 3 fully saturated rings. The second kappa shape index (κ2) is 3.99. The number of nitrogens with one attached hydrogen (secondary N) is 1. The van der Waals surface area contributed by atoms with Crippen molar-refractivity contribution in [3.8, 4) is 0 Å². The Morgan fingerprint density at radius 3 is 2.12 bits per heavy atom. The van der Waals surface area contributed by atoms with Crippen molar-refractivity contribution in [3.63, 3.8) is 0 Å². The lowest BCUT2D eigenvalue weighted by Gasteiger charge is -2.39. The molecule has 16 heavy (non-hydrogen) atoms. The van der Waals surface area contributed by atoms with Crippen molar-refractivity contribution in [3.05, 3.63) is 0 Å². The van der Waals surface area contributed by atoms with E-state index >= 15 is 0 Å². The first-order valence-corrected chi connectivity index (χ1v) is 7.09. The molecule has 2 saturated heterocycles. The molecule has 0 bridgehead atoms. The van der Waals surface area contributed by atoms with Crippen LogP contribution in [-0.2, 0) is 0 Å². The minimum absolute atomic E-state index is 0.619. The van der Waals surface area contributed by atoms with Gasteiger partial charge in [0.05, 0.1) is 0 Å². The van der Waals surface area contributed by atoms with Gasteiger partial charge in [-0.05, 0) is 56.0 Å². The third kappa shape index (κ3) is 2.02. The van der Waals surface area contributed by atoms with Crippen molar-refractivity contribution >= 4 is 0 Å². The van der Waals surface area contributed by atoms with E-state index in [1.807, 2.05) is 0 Å². The minimum Gasteiger partial charge on any atom is -0.316 e. The van der Waals surface area contributed by atoms with Crippen LogP contribution in [0.25, 0.3) is 0 Å². The number of hydrogen-bond donors (Lipinski definition) is 1. The third-order valence-corrected chi connectivity index (χ3v) is 5.24. The van der Waals surface area contributed by atoms with E-state index in [9.17, 15) is 0 Å². The van der Waals surface area contributed by atoms with Gasteiger partial charge in [-0.15, -0.1) is 0 Å². The summed E-state index contributed by atoms with van der Waals surface area (Å²) in [4.78, 5) is 2.81. The van der Waals surface area contributed by atoms with Crippen LogP contribution in [0.4, 0.5) is 0 Å². The van der Waals surface area contributed by atoms with Crippen molar-refractivity contribution in [2.45, 2.75) is 45.6 Å². The highest BCUT2D eigenvalue weighted by molar-refractivity contribution is 4.95. The maximum atomic E-state index is 3.53. The van der Waals surface area contributed by atoms with E-state index in [4.69, 9.17) is 0 Å². The molecule has 1 N–H and O–H groups in total. The monoisotopic (exact) mass is 222 g/mol. The van der Waals surface area contributed by atoms with Crippen LogP contribution in [-0.4, -0.2) is 37.1 Å². The average Bonchev–Trinajstić information content (AvgIpc) is 2.77. The predicted molar refractivity (Wildman–Crippen MR) is 67.5 cm³/mol. The molecular formula is C14H26N2. The van der Waals surface area contributed by atoms with Gasteiger partial charge in [0.1, 0.15) is 0 Å². The van der Waals surface area contributed by atoms with Crippen molar-refractivity contribution in [2.24, 2.45) is 17.3 Å². The summed E-state index contributed by atoms with van der Waals surface area (Å²) in [5.41, 5.74) is 0.619. The summed E-state index contributed by atoms with van der Waals surface area (Å²) in [7, 11) is 0. The standard InChI is InChI=1S/C14H26N2/c1-14(2)5-3-13(4-6-14)16-9-11-7-15-8-12(11)10-16/h11-13,15H,3-10H2,1-2H3/t11-,12+. The fourth-order valence-corrected chi connectivity index (χ4v) is 3.94. The molecule has 0 amide bonds. The third-order valence-electron chi connectivity index (χ3n) is 5.24. The van der Waals surface area contributed by atoms with Gasteiger partial charge >= 0.3 is 0 Å². The van der Waals surface area contributed by atoms with Crippen LogP contribution in [0.2, 0.25) is 0 Å². The highest BCUT2D eigenvalue weighted by Crippen LogP contribution is 2.39. The van der Waals surface area contributed by atoms with Crippen molar-refractivity contribution in [2.75, 3.05) is 26.2 Å². The molecule has 0 aromatic rings. The van der Waals surface area contributed by atoms with Crippen LogP contribution < -0.4 is 5.32 Å². The van der Waals surface area contributed by atoms with E-state index < -0.39 is 0 Å². The summed E-state index contributed by atoms with van der Waals surface area (Å²) >= 11 is 0. The highest BCUT2D eigenvalue weighted by atomic mass is 15.2. The molecule has 2 aliphatic heterocycles. The minimum atomic E-state index is 0.619. The Hall–Kier alpha value is -0.0800. The maximum absolute atomic E-state index is 3.53. The zero-order chi connectivity index (χ0) is 11.2. The molecule has 2 heteroatoms. The van der Waals surface area contributed by atoms with Gasteiger partial charge in [0.15, 0.2) is 0 Å². The lowest BCUT2D eigenvalue weighted by atomic mass is 9.75.